The van der Waals surface area contributed by atoms with E-state index in [1.165, 1.54) is 36.4 Å². The Bertz CT molecular complexity index is 955. The van der Waals surface area contributed by atoms with Crippen molar-refractivity contribution in [3.8, 4) is 11.5 Å². The number of ether oxygens (including phenoxy) is 3. The summed E-state index contributed by atoms with van der Waals surface area (Å²) in [6, 6.07) is 9.79. The zero-order valence-corrected chi connectivity index (χ0v) is 14.1. The Balaban J connectivity index is 1.54. The lowest BCUT2D eigenvalue weighted by atomic mass is 10.2. The van der Waals surface area contributed by atoms with Gasteiger partial charge in [0, 0.05) is 5.69 Å². The van der Waals surface area contributed by atoms with Crippen molar-refractivity contribution in [2.45, 2.75) is 4.90 Å². The van der Waals surface area contributed by atoms with Gasteiger partial charge in [0.15, 0.2) is 18.1 Å². The molecule has 10 heteroatoms. The van der Waals surface area contributed by atoms with Crippen LogP contribution in [0.2, 0.25) is 0 Å². The number of nitrogens with two attached hydrogens (primary N) is 1. The average Bonchev–Trinajstić information content (AvgIpc) is 3.07. The molecule has 0 atom stereocenters. The summed E-state index contributed by atoms with van der Waals surface area (Å²) in [6.45, 7) is -0.426. The SMILES string of the molecule is NS(=O)(=O)c1ccc(NC(=O)COC(=O)c2ccc3c(c2)OCO3)cc1. The Morgan fingerprint density at radius 2 is 1.77 bits per heavy atom. The first-order valence-electron chi connectivity index (χ1n) is 7.32. The van der Waals surface area contributed by atoms with Crippen LogP contribution in [0, 0.1) is 0 Å². The van der Waals surface area contributed by atoms with Crippen molar-refractivity contribution < 1.29 is 32.2 Å². The molecule has 1 heterocycles. The summed E-state index contributed by atoms with van der Waals surface area (Å²) in [5.74, 6) is -0.313. The molecule has 2 aromatic carbocycles. The second-order valence-corrected chi connectivity index (χ2v) is 6.82. The molecule has 9 nitrogen and oxygen atoms in total. The summed E-state index contributed by atoms with van der Waals surface area (Å²) < 4.78 is 37.6. The van der Waals surface area contributed by atoms with Crippen molar-refractivity contribution in [3.63, 3.8) is 0 Å². The van der Waals surface area contributed by atoms with Crippen LogP contribution in [0.4, 0.5) is 5.69 Å². The fraction of sp³-hybridized carbons (Fsp3) is 0.125. The molecule has 0 saturated carbocycles. The standard InChI is InChI=1S/C16H14N2O7S/c17-26(21,22)12-4-2-11(3-5-12)18-15(19)8-23-16(20)10-1-6-13-14(7-10)25-9-24-13/h1-7H,8-9H2,(H,18,19)(H2,17,21,22). The fourth-order valence-electron chi connectivity index (χ4n) is 2.16. The molecule has 0 aromatic heterocycles. The lowest BCUT2D eigenvalue weighted by Crippen LogP contribution is -2.21. The van der Waals surface area contributed by atoms with Gasteiger partial charge in [-0.2, -0.15) is 0 Å². The molecule has 136 valence electrons. The number of nitrogens with one attached hydrogen (secondary N) is 1. The van der Waals surface area contributed by atoms with E-state index in [1.54, 1.807) is 6.07 Å². The molecule has 0 aliphatic carbocycles. The van der Waals surface area contributed by atoms with Gasteiger partial charge < -0.3 is 19.5 Å². The molecular weight excluding hydrogens is 364 g/mol. The van der Waals surface area contributed by atoms with E-state index in [9.17, 15) is 18.0 Å². The maximum Gasteiger partial charge on any atom is 0.338 e. The number of carbonyl (C=O) groups excluding carboxylic acids is 2. The van der Waals surface area contributed by atoms with Gasteiger partial charge in [-0.3, -0.25) is 4.79 Å². The molecule has 0 fully saturated rings. The highest BCUT2D eigenvalue weighted by molar-refractivity contribution is 7.89. The summed E-state index contributed by atoms with van der Waals surface area (Å²) >= 11 is 0. The van der Waals surface area contributed by atoms with E-state index in [0.717, 1.165) is 0 Å². The molecule has 1 amide bonds. The van der Waals surface area contributed by atoms with E-state index in [1.807, 2.05) is 0 Å². The number of esters is 1. The summed E-state index contributed by atoms with van der Waals surface area (Å²) in [5.41, 5.74) is 0.557. The highest BCUT2D eigenvalue weighted by atomic mass is 32.2. The number of amides is 1. The van der Waals surface area contributed by atoms with E-state index in [2.05, 4.69) is 5.32 Å². The van der Waals surface area contributed by atoms with Gasteiger partial charge in [-0.1, -0.05) is 0 Å². The lowest BCUT2D eigenvalue weighted by Gasteiger charge is -2.07. The van der Waals surface area contributed by atoms with Gasteiger partial charge in [0.2, 0.25) is 16.8 Å². The molecule has 26 heavy (non-hydrogen) atoms. The second kappa shape index (κ2) is 7.02. The topological polar surface area (TPSA) is 134 Å². The van der Waals surface area contributed by atoms with Crippen molar-refractivity contribution in [2.24, 2.45) is 5.14 Å². The molecule has 3 rings (SSSR count). The van der Waals surface area contributed by atoms with Crippen LogP contribution in [-0.4, -0.2) is 33.7 Å². The van der Waals surface area contributed by atoms with Gasteiger partial charge in [-0.25, -0.2) is 18.4 Å². The van der Waals surface area contributed by atoms with Crippen LogP contribution in [0.15, 0.2) is 47.4 Å². The van der Waals surface area contributed by atoms with E-state index >= 15 is 0 Å². The molecule has 3 N–H and O–H groups in total. The third-order valence-electron chi connectivity index (χ3n) is 3.41. The van der Waals surface area contributed by atoms with Crippen LogP contribution in [0.3, 0.4) is 0 Å². The van der Waals surface area contributed by atoms with Gasteiger partial charge in [-0.15, -0.1) is 0 Å². The highest BCUT2D eigenvalue weighted by Crippen LogP contribution is 2.32. The Labute approximate surface area is 148 Å². The molecule has 0 spiro atoms. The van der Waals surface area contributed by atoms with Gasteiger partial charge in [-0.05, 0) is 42.5 Å². The maximum atomic E-state index is 12.0. The summed E-state index contributed by atoms with van der Waals surface area (Å²) in [6.07, 6.45) is 0. The fourth-order valence-corrected chi connectivity index (χ4v) is 2.68. The number of anilines is 1. The second-order valence-electron chi connectivity index (χ2n) is 5.26. The number of primary sulfonamides is 1. The minimum absolute atomic E-state index is 0.0789. The van der Waals surface area contributed by atoms with Crippen LogP contribution in [0.5, 0.6) is 11.5 Å². The Morgan fingerprint density at radius 3 is 2.46 bits per heavy atom. The number of benzene rings is 2. The van der Waals surface area contributed by atoms with Gasteiger partial charge in [0.25, 0.3) is 5.91 Å². The van der Waals surface area contributed by atoms with Gasteiger partial charge >= 0.3 is 5.97 Å². The quantitative estimate of drug-likeness (QED) is 0.737. The molecule has 2 aromatic rings. The summed E-state index contributed by atoms with van der Waals surface area (Å²) in [4.78, 5) is 23.7. The molecule has 0 saturated heterocycles. The maximum absolute atomic E-state index is 12.0. The number of hydrogen-bond donors (Lipinski definition) is 2. The molecule has 0 radical (unpaired) electrons. The van der Waals surface area contributed by atoms with Crippen LogP contribution >= 0.6 is 0 Å². The number of hydrogen-bond acceptors (Lipinski definition) is 7. The predicted molar refractivity (Wildman–Crippen MR) is 89.3 cm³/mol. The predicted octanol–water partition coefficient (Wildman–Crippen LogP) is 0.858. The molecule has 1 aliphatic heterocycles. The molecule has 1 aliphatic rings. The number of rotatable bonds is 5. The van der Waals surface area contributed by atoms with Crippen LogP contribution in [-0.2, 0) is 19.6 Å². The molecule has 0 unspecified atom stereocenters. The zero-order chi connectivity index (χ0) is 18.7. The van der Waals surface area contributed by atoms with Crippen molar-refractivity contribution in [2.75, 3.05) is 18.7 Å². The summed E-state index contributed by atoms with van der Waals surface area (Å²) in [7, 11) is -3.81. The van der Waals surface area contributed by atoms with Crippen LogP contribution < -0.4 is 19.9 Å². The van der Waals surface area contributed by atoms with E-state index in [-0.39, 0.29) is 17.3 Å². The lowest BCUT2D eigenvalue weighted by molar-refractivity contribution is -0.119. The first-order valence-corrected chi connectivity index (χ1v) is 8.87. The van der Waals surface area contributed by atoms with Gasteiger partial charge in [0.1, 0.15) is 0 Å². The van der Waals surface area contributed by atoms with Gasteiger partial charge in [0.05, 0.1) is 10.5 Å². The normalized spacial score (nSPS) is 12.5. The van der Waals surface area contributed by atoms with Crippen molar-refractivity contribution in [3.05, 3.63) is 48.0 Å². The summed E-state index contributed by atoms with van der Waals surface area (Å²) in [5, 5.41) is 7.46. The number of sulfonamides is 1. The van der Waals surface area contributed by atoms with E-state index in [0.29, 0.717) is 17.2 Å². The number of fused-ring (bicyclic) bond motifs is 1. The highest BCUT2D eigenvalue weighted by Gasteiger charge is 2.17. The smallest absolute Gasteiger partial charge is 0.338 e. The minimum Gasteiger partial charge on any atom is -0.454 e. The zero-order valence-electron chi connectivity index (χ0n) is 13.3. The van der Waals surface area contributed by atoms with E-state index in [4.69, 9.17) is 19.3 Å². The third-order valence-corrected chi connectivity index (χ3v) is 4.34. The largest absolute Gasteiger partial charge is 0.454 e. The van der Waals surface area contributed by atoms with Crippen LogP contribution in [0.25, 0.3) is 0 Å². The van der Waals surface area contributed by atoms with Crippen LogP contribution in [0.1, 0.15) is 10.4 Å². The minimum atomic E-state index is -3.81. The Morgan fingerprint density at radius 1 is 1.08 bits per heavy atom. The van der Waals surface area contributed by atoms with Crippen molar-refractivity contribution in [1.82, 2.24) is 0 Å². The molecule has 0 bridgehead atoms. The van der Waals surface area contributed by atoms with Crippen molar-refractivity contribution in [1.29, 1.82) is 0 Å². The first kappa shape index (κ1) is 17.7. The first-order chi connectivity index (χ1) is 12.3. The Kier molecular flexibility index (Phi) is 4.78. The third kappa shape index (κ3) is 4.10. The monoisotopic (exact) mass is 378 g/mol. The molecular formula is C16H14N2O7S. The number of carbonyl (C=O) groups is 2. The average molecular weight is 378 g/mol. The van der Waals surface area contributed by atoms with E-state index < -0.39 is 28.5 Å². The van der Waals surface area contributed by atoms with Crippen molar-refractivity contribution >= 4 is 27.6 Å². The Hall–Kier alpha value is -3.11.